The number of halogens is 2. The number of esters is 2. The fourth-order valence-corrected chi connectivity index (χ4v) is 4.64. The number of rotatable bonds is 5. The van der Waals surface area contributed by atoms with Crippen LogP contribution in [-0.2, 0) is 33.3 Å². The maximum absolute atomic E-state index is 14.1. The van der Waals surface area contributed by atoms with Crippen molar-refractivity contribution in [2.75, 3.05) is 13.7 Å². The van der Waals surface area contributed by atoms with Gasteiger partial charge in [0.2, 0.25) is 0 Å². The third-order valence-electron chi connectivity index (χ3n) is 6.19. The molecule has 0 bridgehead atoms. The molecule has 2 aliphatic rings. The van der Waals surface area contributed by atoms with Gasteiger partial charge in [0, 0.05) is 18.1 Å². The maximum atomic E-state index is 14.1. The lowest BCUT2D eigenvalue weighted by atomic mass is 9.91. The summed E-state index contributed by atoms with van der Waals surface area (Å²) in [5.74, 6) is -1.99. The average molecular weight is 532 g/mol. The Balaban J connectivity index is 1.55. The van der Waals surface area contributed by atoms with Crippen LogP contribution in [0.25, 0.3) is 11.3 Å². The highest BCUT2D eigenvalue weighted by atomic mass is 35.5. The second-order valence-corrected chi connectivity index (χ2v) is 8.98. The van der Waals surface area contributed by atoms with Crippen LogP contribution in [0.1, 0.15) is 24.8 Å². The van der Waals surface area contributed by atoms with Gasteiger partial charge in [0.15, 0.2) is 18.5 Å². The molecule has 194 valence electrons. The third-order valence-corrected chi connectivity index (χ3v) is 6.50. The van der Waals surface area contributed by atoms with E-state index in [1.807, 2.05) is 30.3 Å². The first-order chi connectivity index (χ1) is 17.9. The van der Waals surface area contributed by atoms with E-state index in [4.69, 9.17) is 35.3 Å². The zero-order chi connectivity index (χ0) is 26.1. The van der Waals surface area contributed by atoms with Crippen LogP contribution < -0.4 is 0 Å². The molecule has 0 N–H and O–H groups in total. The van der Waals surface area contributed by atoms with E-state index in [0.717, 1.165) is 5.56 Å². The molecule has 0 radical (unpaired) electrons. The lowest BCUT2D eigenvalue weighted by molar-refractivity contribution is -0.315. The van der Waals surface area contributed by atoms with Gasteiger partial charge >= 0.3 is 11.9 Å². The molecule has 6 atom stereocenters. The van der Waals surface area contributed by atoms with Gasteiger partial charge in [-0.15, -0.1) is 5.10 Å². The quantitative estimate of drug-likeness (QED) is 0.458. The lowest BCUT2D eigenvalue weighted by Crippen LogP contribution is -2.62. The Labute approximate surface area is 216 Å². The number of aromatic nitrogens is 3. The maximum Gasteiger partial charge on any atom is 0.339 e. The fraction of sp³-hybridized carbons (Fsp3) is 0.360. The molecular formula is C25H23ClFN3O7. The van der Waals surface area contributed by atoms with Gasteiger partial charge in [0.1, 0.15) is 29.8 Å². The fourth-order valence-electron chi connectivity index (χ4n) is 4.52. The molecule has 1 aromatic heterocycles. The van der Waals surface area contributed by atoms with Crippen molar-refractivity contribution in [3.05, 3.63) is 71.1 Å². The van der Waals surface area contributed by atoms with Crippen LogP contribution in [0.2, 0.25) is 5.02 Å². The molecule has 5 rings (SSSR count). The Morgan fingerprint density at radius 1 is 1.16 bits per heavy atom. The van der Waals surface area contributed by atoms with Crippen LogP contribution in [0.5, 0.6) is 0 Å². The van der Waals surface area contributed by atoms with E-state index in [1.165, 1.54) is 30.8 Å². The van der Waals surface area contributed by atoms with Crippen LogP contribution in [-0.4, -0.2) is 65.1 Å². The molecule has 2 aliphatic heterocycles. The monoisotopic (exact) mass is 531 g/mol. The van der Waals surface area contributed by atoms with E-state index in [2.05, 4.69) is 10.3 Å². The molecule has 0 saturated carbocycles. The van der Waals surface area contributed by atoms with Gasteiger partial charge in [-0.1, -0.05) is 53.2 Å². The Morgan fingerprint density at radius 2 is 1.95 bits per heavy atom. The summed E-state index contributed by atoms with van der Waals surface area (Å²) < 4.78 is 44.2. The molecule has 3 aromatic rings. The van der Waals surface area contributed by atoms with Crippen LogP contribution >= 0.6 is 11.6 Å². The number of ether oxygens (including phenoxy) is 5. The zero-order valence-corrected chi connectivity index (χ0v) is 20.6. The van der Waals surface area contributed by atoms with E-state index in [0.29, 0.717) is 11.3 Å². The molecule has 3 heterocycles. The van der Waals surface area contributed by atoms with Crippen molar-refractivity contribution >= 4 is 23.5 Å². The standard InChI is InChI=1S/C25H23ClFN3O7/c1-13(31)35-22-20(30-11-18(28-29-30)15-8-9-16(26)17(27)10-15)21-19(36-23(22)24(32)33-2)12-34-25(37-21)14-6-4-3-5-7-14/h3-11,19-23,25H,12H2,1-2H3/t19-,20+,21+,22-,23-,25?/m1/s1. The van der Waals surface area contributed by atoms with Crippen molar-refractivity contribution < 1.29 is 37.7 Å². The Hall–Kier alpha value is -3.38. The molecule has 0 amide bonds. The summed E-state index contributed by atoms with van der Waals surface area (Å²) in [5, 5.41) is 8.37. The van der Waals surface area contributed by atoms with E-state index in [1.54, 1.807) is 12.3 Å². The number of nitrogens with zero attached hydrogens (tertiary/aromatic N) is 3. The lowest BCUT2D eigenvalue weighted by Gasteiger charge is -2.48. The largest absolute Gasteiger partial charge is 0.467 e. The van der Waals surface area contributed by atoms with Crippen LogP contribution in [0.3, 0.4) is 0 Å². The number of carbonyl (C=O) groups is 2. The normalized spacial score (nSPS) is 27.2. The predicted octanol–water partition coefficient (Wildman–Crippen LogP) is 3.27. The second-order valence-electron chi connectivity index (χ2n) is 8.57. The van der Waals surface area contributed by atoms with Crippen molar-refractivity contribution in [1.82, 2.24) is 15.0 Å². The molecule has 10 nitrogen and oxygen atoms in total. The van der Waals surface area contributed by atoms with E-state index in [-0.39, 0.29) is 11.6 Å². The minimum atomic E-state index is -1.28. The molecule has 2 fully saturated rings. The smallest absolute Gasteiger partial charge is 0.339 e. The minimum Gasteiger partial charge on any atom is -0.467 e. The van der Waals surface area contributed by atoms with Crippen molar-refractivity contribution in [3.8, 4) is 11.3 Å². The molecule has 2 saturated heterocycles. The van der Waals surface area contributed by atoms with Gasteiger partial charge in [0.25, 0.3) is 0 Å². The van der Waals surface area contributed by atoms with Gasteiger partial charge in [-0.3, -0.25) is 4.79 Å². The van der Waals surface area contributed by atoms with Crippen molar-refractivity contribution in [1.29, 1.82) is 0 Å². The topological polar surface area (TPSA) is 111 Å². The van der Waals surface area contributed by atoms with Crippen molar-refractivity contribution in [2.45, 2.75) is 43.7 Å². The average Bonchev–Trinajstić information content (AvgIpc) is 3.39. The van der Waals surface area contributed by atoms with Gasteiger partial charge in [-0.2, -0.15) is 0 Å². The van der Waals surface area contributed by atoms with Crippen LogP contribution in [0, 0.1) is 5.82 Å². The number of hydrogen-bond donors (Lipinski definition) is 0. The number of methoxy groups -OCH3 is 1. The Kier molecular flexibility index (Phi) is 7.20. The van der Waals surface area contributed by atoms with Crippen LogP contribution in [0.15, 0.2) is 54.7 Å². The van der Waals surface area contributed by atoms with Crippen molar-refractivity contribution in [3.63, 3.8) is 0 Å². The van der Waals surface area contributed by atoms with Gasteiger partial charge in [-0.05, 0) is 12.1 Å². The third kappa shape index (κ3) is 5.08. The summed E-state index contributed by atoms with van der Waals surface area (Å²) >= 11 is 5.81. The zero-order valence-electron chi connectivity index (χ0n) is 19.8. The molecular weight excluding hydrogens is 509 g/mol. The van der Waals surface area contributed by atoms with Gasteiger partial charge < -0.3 is 23.7 Å². The minimum absolute atomic E-state index is 0.0261. The molecule has 0 spiro atoms. The van der Waals surface area contributed by atoms with E-state index < -0.39 is 54.5 Å². The second kappa shape index (κ2) is 10.5. The molecule has 12 heteroatoms. The molecule has 0 aliphatic carbocycles. The SMILES string of the molecule is COC(=O)[C@@H]1O[C@@H]2COC(c3ccccc3)O[C@@H]2[C@H](n2cc(-c3ccc(Cl)c(F)c3)nn2)[C@H]1OC(C)=O. The van der Waals surface area contributed by atoms with E-state index >= 15 is 0 Å². The highest BCUT2D eigenvalue weighted by molar-refractivity contribution is 6.30. The van der Waals surface area contributed by atoms with Crippen molar-refractivity contribution in [2.24, 2.45) is 0 Å². The number of hydrogen-bond acceptors (Lipinski definition) is 9. The Bertz CT molecular complexity index is 1290. The first-order valence-corrected chi connectivity index (χ1v) is 11.8. The number of fused-ring (bicyclic) bond motifs is 1. The molecule has 37 heavy (non-hydrogen) atoms. The highest BCUT2D eigenvalue weighted by Crippen LogP contribution is 2.41. The molecule has 1 unspecified atom stereocenters. The number of carbonyl (C=O) groups excluding carboxylic acids is 2. The van der Waals surface area contributed by atoms with Crippen LogP contribution in [0.4, 0.5) is 4.39 Å². The summed E-state index contributed by atoms with van der Waals surface area (Å²) in [4.78, 5) is 24.8. The summed E-state index contributed by atoms with van der Waals surface area (Å²) in [7, 11) is 1.21. The summed E-state index contributed by atoms with van der Waals surface area (Å²) in [6.07, 6.45) is -3.12. The first kappa shape index (κ1) is 25.3. The summed E-state index contributed by atoms with van der Waals surface area (Å²) in [6.45, 7) is 1.31. The Morgan fingerprint density at radius 3 is 2.65 bits per heavy atom. The number of benzene rings is 2. The first-order valence-electron chi connectivity index (χ1n) is 11.5. The van der Waals surface area contributed by atoms with Gasteiger partial charge in [-0.25, -0.2) is 13.9 Å². The van der Waals surface area contributed by atoms with Gasteiger partial charge in [0.05, 0.1) is 24.9 Å². The highest BCUT2D eigenvalue weighted by Gasteiger charge is 2.55. The molecule has 2 aromatic carbocycles. The summed E-state index contributed by atoms with van der Waals surface area (Å²) in [5.41, 5.74) is 1.54. The predicted molar refractivity (Wildman–Crippen MR) is 126 cm³/mol. The summed E-state index contributed by atoms with van der Waals surface area (Å²) in [6, 6.07) is 12.7. The van der Waals surface area contributed by atoms with E-state index in [9.17, 15) is 14.0 Å².